The number of nitrogens with zero attached hydrogens (tertiary/aromatic N) is 2. The number of fused-ring (bicyclic) bond motifs is 4. The molecule has 0 radical (unpaired) electrons. The number of nitrogens with two attached hydrogens (primary N) is 1. The number of hydrogen-bond donors (Lipinski definition) is 1. The summed E-state index contributed by atoms with van der Waals surface area (Å²) in [5.41, 5.74) is 9.72. The molecule has 37 heavy (non-hydrogen) atoms. The van der Waals surface area contributed by atoms with E-state index in [1.807, 2.05) is 42.5 Å². The van der Waals surface area contributed by atoms with Crippen LogP contribution in [0, 0.1) is 17.8 Å². The summed E-state index contributed by atoms with van der Waals surface area (Å²) in [6.45, 7) is 4.45. The lowest BCUT2D eigenvalue weighted by atomic mass is 10.0. The minimum absolute atomic E-state index is 0.0822. The number of unbranched alkanes of at least 4 members (excludes halogenated alkanes) is 7. The first-order valence-electron chi connectivity index (χ1n) is 13.6. The van der Waals surface area contributed by atoms with Gasteiger partial charge in [0.05, 0.1) is 11.2 Å². The fourth-order valence-corrected chi connectivity index (χ4v) is 5.84. The number of anilines is 1. The van der Waals surface area contributed by atoms with Crippen LogP contribution in [0.4, 0.5) is 5.69 Å². The Labute approximate surface area is 226 Å². The molecule has 0 saturated heterocycles. The Kier molecular flexibility index (Phi) is 7.67. The lowest BCUT2D eigenvalue weighted by Crippen LogP contribution is -2.13. The molecule has 4 nitrogen and oxygen atoms in total. The summed E-state index contributed by atoms with van der Waals surface area (Å²) >= 11 is 3.62. The number of halogens is 1. The van der Waals surface area contributed by atoms with Gasteiger partial charge in [0.2, 0.25) is 0 Å². The van der Waals surface area contributed by atoms with Crippen molar-refractivity contribution >= 4 is 59.8 Å². The molecule has 2 heterocycles. The summed E-state index contributed by atoms with van der Waals surface area (Å²) < 4.78 is 2.66. The van der Waals surface area contributed by atoms with E-state index in [1.54, 1.807) is 4.40 Å². The predicted octanol–water partition coefficient (Wildman–Crippen LogP) is 8.46. The average Bonchev–Trinajstić information content (AvgIpc) is 3.29. The van der Waals surface area contributed by atoms with Crippen molar-refractivity contribution in [3.05, 3.63) is 62.9 Å². The average molecular weight is 557 g/mol. The molecule has 5 aromatic rings. The first kappa shape index (κ1) is 25.5. The fourth-order valence-electron chi connectivity index (χ4n) is 5.38. The predicted molar refractivity (Wildman–Crippen MR) is 161 cm³/mol. The quantitative estimate of drug-likeness (QED) is 0.113. The van der Waals surface area contributed by atoms with Crippen molar-refractivity contribution in [1.82, 2.24) is 9.38 Å². The van der Waals surface area contributed by atoms with Crippen LogP contribution in [0.2, 0.25) is 0 Å². The summed E-state index contributed by atoms with van der Waals surface area (Å²) in [6.07, 6.45) is 11.7. The molecule has 5 heteroatoms. The van der Waals surface area contributed by atoms with Crippen LogP contribution in [0.25, 0.3) is 38.2 Å². The van der Waals surface area contributed by atoms with Crippen molar-refractivity contribution in [3.63, 3.8) is 0 Å². The topological polar surface area (TPSA) is 60.4 Å². The van der Waals surface area contributed by atoms with Gasteiger partial charge in [-0.05, 0) is 36.1 Å². The summed E-state index contributed by atoms with van der Waals surface area (Å²) in [7, 11) is 0. The van der Waals surface area contributed by atoms with Crippen molar-refractivity contribution in [2.75, 3.05) is 5.73 Å². The summed E-state index contributed by atoms with van der Waals surface area (Å²) in [5.74, 6) is 7.05. The smallest absolute Gasteiger partial charge is 0.264 e. The van der Waals surface area contributed by atoms with Crippen molar-refractivity contribution in [2.45, 2.75) is 71.6 Å². The molecule has 0 fully saturated rings. The van der Waals surface area contributed by atoms with Crippen LogP contribution < -0.4 is 11.3 Å². The van der Waals surface area contributed by atoms with Gasteiger partial charge < -0.3 is 5.73 Å². The third-order valence-corrected chi connectivity index (χ3v) is 8.10. The number of hydrogen-bond acceptors (Lipinski definition) is 3. The van der Waals surface area contributed by atoms with Gasteiger partial charge in [0.1, 0.15) is 11.2 Å². The van der Waals surface area contributed by atoms with E-state index in [0.717, 1.165) is 32.6 Å². The number of rotatable bonds is 9. The number of nitrogen functional groups attached to an aromatic ring is 1. The van der Waals surface area contributed by atoms with Crippen LogP contribution in [0.1, 0.15) is 77.2 Å². The molecule has 2 N–H and O–H groups in total. The van der Waals surface area contributed by atoms with E-state index in [0.29, 0.717) is 33.7 Å². The van der Waals surface area contributed by atoms with Crippen molar-refractivity contribution in [3.8, 4) is 11.8 Å². The maximum absolute atomic E-state index is 13.6. The Balaban J connectivity index is 1.42. The van der Waals surface area contributed by atoms with E-state index in [2.05, 4.69) is 41.6 Å². The molecule has 0 saturated carbocycles. The van der Waals surface area contributed by atoms with Crippen LogP contribution in [0.5, 0.6) is 0 Å². The summed E-state index contributed by atoms with van der Waals surface area (Å²) in [6, 6.07) is 13.7. The molecule has 1 atom stereocenters. The zero-order chi connectivity index (χ0) is 25.9. The molecule has 0 bridgehead atoms. The molecular formula is C32H34BrN3O. The maximum Gasteiger partial charge on any atom is 0.264 e. The monoisotopic (exact) mass is 555 g/mol. The Morgan fingerprint density at radius 2 is 1.70 bits per heavy atom. The normalized spacial score (nSPS) is 12.5. The van der Waals surface area contributed by atoms with Gasteiger partial charge in [-0.1, -0.05) is 111 Å². The highest BCUT2D eigenvalue weighted by molar-refractivity contribution is 9.10. The van der Waals surface area contributed by atoms with E-state index in [-0.39, 0.29) is 5.56 Å². The zero-order valence-electron chi connectivity index (χ0n) is 21.7. The molecule has 0 aliphatic rings. The largest absolute Gasteiger partial charge is 0.397 e. The lowest BCUT2D eigenvalue weighted by Gasteiger charge is -2.08. The first-order valence-corrected chi connectivity index (χ1v) is 14.4. The Morgan fingerprint density at radius 1 is 0.973 bits per heavy atom. The van der Waals surface area contributed by atoms with Gasteiger partial charge in [0.15, 0.2) is 0 Å². The van der Waals surface area contributed by atoms with E-state index < -0.39 is 0 Å². The van der Waals surface area contributed by atoms with Gasteiger partial charge >= 0.3 is 0 Å². The van der Waals surface area contributed by atoms with Crippen LogP contribution in [0.3, 0.4) is 0 Å². The number of benzene rings is 3. The third kappa shape index (κ3) is 5.05. The third-order valence-electron chi connectivity index (χ3n) is 7.41. The maximum atomic E-state index is 13.6. The number of aromatic nitrogens is 2. The first-order chi connectivity index (χ1) is 18.0. The second-order valence-corrected chi connectivity index (χ2v) is 11.1. The fraction of sp³-hybridized carbons (Fsp3) is 0.375. The minimum Gasteiger partial charge on any atom is -0.397 e. The summed E-state index contributed by atoms with van der Waals surface area (Å²) in [4.78, 5) is 18.5. The van der Waals surface area contributed by atoms with Gasteiger partial charge in [-0.3, -0.25) is 9.20 Å². The lowest BCUT2D eigenvalue weighted by molar-refractivity contribution is 0.538. The van der Waals surface area contributed by atoms with Gasteiger partial charge in [-0.25, -0.2) is 4.98 Å². The molecule has 0 spiro atoms. The van der Waals surface area contributed by atoms with Gasteiger partial charge in [0.25, 0.3) is 5.56 Å². The SMILES string of the molecule is CCCCCCCCCCC(C)C#Cc1cc(N)c2nc3c4cccc5c(Br)ccc(c(=O)n3c2c1)c54. The van der Waals surface area contributed by atoms with E-state index in [4.69, 9.17) is 10.7 Å². The number of pyridine rings is 1. The molecule has 2 aromatic heterocycles. The molecular weight excluding hydrogens is 522 g/mol. The molecule has 0 aliphatic heterocycles. The van der Waals surface area contributed by atoms with Crippen molar-refractivity contribution < 1.29 is 0 Å². The second-order valence-electron chi connectivity index (χ2n) is 10.3. The minimum atomic E-state index is -0.0822. The molecule has 190 valence electrons. The van der Waals surface area contributed by atoms with Crippen LogP contribution in [-0.2, 0) is 0 Å². The molecule has 5 rings (SSSR count). The standard InChI is InChI=1S/C32H34BrN3O/c1-3-4-5-6-7-8-9-10-12-21(2)15-16-22-19-27(34)30-28(20-22)36-31(35-30)24-14-11-13-23-26(33)18-17-25(29(23)24)32(36)37/h11,13-14,17-21H,3-10,12,34H2,1-2H3. The van der Waals surface area contributed by atoms with Gasteiger partial charge in [-0.2, -0.15) is 0 Å². The van der Waals surface area contributed by atoms with E-state index in [1.165, 1.54) is 51.4 Å². The Hall–Kier alpha value is -3.10. The molecule has 0 aliphatic carbocycles. The van der Waals surface area contributed by atoms with Crippen molar-refractivity contribution in [1.29, 1.82) is 0 Å². The highest BCUT2D eigenvalue weighted by atomic mass is 79.9. The van der Waals surface area contributed by atoms with Crippen LogP contribution in [-0.4, -0.2) is 9.38 Å². The Bertz CT molecular complexity index is 1690. The second kappa shape index (κ2) is 11.1. The Morgan fingerprint density at radius 3 is 2.49 bits per heavy atom. The van der Waals surface area contributed by atoms with Crippen LogP contribution >= 0.6 is 15.9 Å². The number of imidazole rings is 1. The highest BCUT2D eigenvalue weighted by Crippen LogP contribution is 2.34. The van der Waals surface area contributed by atoms with Crippen LogP contribution in [0.15, 0.2) is 51.7 Å². The van der Waals surface area contributed by atoms with Gasteiger partial charge in [-0.15, -0.1) is 0 Å². The van der Waals surface area contributed by atoms with E-state index >= 15 is 0 Å². The van der Waals surface area contributed by atoms with Gasteiger partial charge in [0, 0.05) is 32.1 Å². The van der Waals surface area contributed by atoms with Crippen molar-refractivity contribution in [2.24, 2.45) is 5.92 Å². The summed E-state index contributed by atoms with van der Waals surface area (Å²) in [5, 5.41) is 3.55. The molecule has 0 amide bonds. The highest BCUT2D eigenvalue weighted by Gasteiger charge is 2.18. The zero-order valence-corrected chi connectivity index (χ0v) is 23.3. The van der Waals surface area contributed by atoms with E-state index in [9.17, 15) is 4.79 Å². The molecule has 1 unspecified atom stereocenters. The molecule has 3 aromatic carbocycles.